The van der Waals surface area contributed by atoms with Gasteiger partial charge in [-0.1, -0.05) is 45.0 Å². The molecular formula is C26H23F6NO4. The van der Waals surface area contributed by atoms with Gasteiger partial charge in [0.05, 0.1) is 16.7 Å². The maximum absolute atomic E-state index is 13.4. The van der Waals surface area contributed by atoms with Gasteiger partial charge in [0.25, 0.3) is 5.91 Å². The van der Waals surface area contributed by atoms with Crippen molar-refractivity contribution in [2.75, 3.05) is 0 Å². The Morgan fingerprint density at radius 3 is 1.92 bits per heavy atom. The minimum atomic E-state index is -4.70. The average molecular weight is 527 g/mol. The number of carboxylic acid groups (broad SMARTS) is 1. The molecule has 0 aliphatic heterocycles. The number of amides is 1. The molecule has 0 saturated carbocycles. The highest BCUT2D eigenvalue weighted by Crippen LogP contribution is 2.37. The normalized spacial score (nSPS) is 13.3. The predicted molar refractivity (Wildman–Crippen MR) is 123 cm³/mol. The lowest BCUT2D eigenvalue weighted by molar-refractivity contribution is -0.142. The molecule has 0 heterocycles. The first-order chi connectivity index (χ1) is 17.0. The third kappa shape index (κ3) is 6.52. The summed E-state index contributed by atoms with van der Waals surface area (Å²) in [6.45, 7) is 4.40. The molecule has 0 aliphatic carbocycles. The fourth-order valence-corrected chi connectivity index (χ4v) is 3.61. The number of alkyl halides is 6. The molecule has 1 unspecified atom stereocenters. The number of carbonyl (C=O) groups excluding carboxylic acids is 1. The van der Waals surface area contributed by atoms with Gasteiger partial charge < -0.3 is 15.2 Å². The van der Waals surface area contributed by atoms with Crippen molar-refractivity contribution in [1.29, 1.82) is 0 Å². The van der Waals surface area contributed by atoms with Gasteiger partial charge in [-0.25, -0.2) is 4.79 Å². The van der Waals surface area contributed by atoms with Crippen molar-refractivity contribution in [3.63, 3.8) is 0 Å². The quantitative estimate of drug-likeness (QED) is 0.351. The number of nitrogens with one attached hydrogen (secondary N) is 1. The van der Waals surface area contributed by atoms with Crippen LogP contribution in [0.15, 0.2) is 54.6 Å². The van der Waals surface area contributed by atoms with E-state index < -0.39 is 46.8 Å². The predicted octanol–water partition coefficient (Wildman–Crippen LogP) is 6.69. The van der Waals surface area contributed by atoms with Crippen LogP contribution in [0.3, 0.4) is 0 Å². The van der Waals surface area contributed by atoms with Crippen molar-refractivity contribution in [1.82, 2.24) is 5.32 Å². The van der Waals surface area contributed by atoms with Gasteiger partial charge in [0.1, 0.15) is 18.4 Å². The standard InChI is InChI=1S/C26H23F6NO4/c1-24(2,3)21(23(35)36)33-22(34)18-11-7-15-6-10-17(26(30,31)32)12-19(15)20(18)37-13-14-4-8-16(9-5-14)25(27,28)29/h4-12,21H,13H2,1-3H3,(H,33,34)(H,35,36). The van der Waals surface area contributed by atoms with Crippen LogP contribution >= 0.6 is 0 Å². The van der Waals surface area contributed by atoms with Crippen molar-refractivity contribution in [2.24, 2.45) is 5.41 Å². The molecule has 1 atom stereocenters. The second kappa shape index (κ2) is 9.95. The number of aliphatic carboxylic acids is 1. The van der Waals surface area contributed by atoms with E-state index in [0.29, 0.717) is 5.39 Å². The van der Waals surface area contributed by atoms with E-state index >= 15 is 0 Å². The summed E-state index contributed by atoms with van der Waals surface area (Å²) in [4.78, 5) is 24.8. The Labute approximate surface area is 208 Å². The van der Waals surface area contributed by atoms with E-state index in [2.05, 4.69) is 5.32 Å². The molecule has 198 valence electrons. The molecule has 0 radical (unpaired) electrons. The van der Waals surface area contributed by atoms with Crippen LogP contribution in [-0.4, -0.2) is 23.0 Å². The molecule has 1 amide bonds. The third-order valence-corrected chi connectivity index (χ3v) is 5.60. The Morgan fingerprint density at radius 1 is 0.865 bits per heavy atom. The number of rotatable bonds is 6. The first kappa shape index (κ1) is 27.8. The van der Waals surface area contributed by atoms with Crippen molar-refractivity contribution in [3.05, 3.63) is 76.9 Å². The number of hydrogen-bond donors (Lipinski definition) is 2. The molecule has 11 heteroatoms. The van der Waals surface area contributed by atoms with E-state index in [-0.39, 0.29) is 28.9 Å². The largest absolute Gasteiger partial charge is 0.487 e. The zero-order chi connectivity index (χ0) is 27.8. The first-order valence-corrected chi connectivity index (χ1v) is 10.9. The Hall–Kier alpha value is -3.76. The summed E-state index contributed by atoms with van der Waals surface area (Å²) in [6.07, 6.45) is -9.25. The van der Waals surface area contributed by atoms with Gasteiger partial charge in [-0.15, -0.1) is 0 Å². The molecule has 0 saturated heterocycles. The molecule has 3 rings (SSSR count). The number of fused-ring (bicyclic) bond motifs is 1. The highest BCUT2D eigenvalue weighted by atomic mass is 19.4. The van der Waals surface area contributed by atoms with E-state index in [4.69, 9.17) is 4.74 Å². The zero-order valence-corrected chi connectivity index (χ0v) is 19.9. The monoisotopic (exact) mass is 527 g/mol. The Balaban J connectivity index is 2.07. The molecule has 0 fully saturated rings. The Morgan fingerprint density at radius 2 is 1.41 bits per heavy atom. The lowest BCUT2D eigenvalue weighted by Crippen LogP contribution is -2.49. The smallest absolute Gasteiger partial charge is 0.416 e. The van der Waals surface area contributed by atoms with Crippen molar-refractivity contribution < 1.29 is 45.8 Å². The minimum absolute atomic E-state index is 0.0722. The van der Waals surface area contributed by atoms with Crippen LogP contribution in [0.25, 0.3) is 10.8 Å². The summed E-state index contributed by atoms with van der Waals surface area (Å²) in [5, 5.41) is 12.2. The molecule has 0 aliphatic rings. The van der Waals surface area contributed by atoms with Gasteiger partial charge in [-0.05, 0) is 46.7 Å². The van der Waals surface area contributed by atoms with Gasteiger partial charge in [-0.3, -0.25) is 4.79 Å². The second-order valence-electron chi connectivity index (χ2n) is 9.47. The van der Waals surface area contributed by atoms with Crippen LogP contribution < -0.4 is 10.1 Å². The minimum Gasteiger partial charge on any atom is -0.487 e. The fraction of sp³-hybridized carbons (Fsp3) is 0.308. The highest BCUT2D eigenvalue weighted by Gasteiger charge is 2.35. The van der Waals surface area contributed by atoms with E-state index in [0.717, 1.165) is 36.4 Å². The summed E-state index contributed by atoms with van der Waals surface area (Å²) >= 11 is 0. The van der Waals surface area contributed by atoms with E-state index in [1.54, 1.807) is 20.8 Å². The van der Waals surface area contributed by atoms with Crippen molar-refractivity contribution in [2.45, 2.75) is 45.8 Å². The van der Waals surface area contributed by atoms with Crippen LogP contribution in [0.2, 0.25) is 0 Å². The second-order valence-corrected chi connectivity index (χ2v) is 9.47. The number of benzene rings is 3. The molecular weight excluding hydrogens is 504 g/mol. The fourth-order valence-electron chi connectivity index (χ4n) is 3.61. The third-order valence-electron chi connectivity index (χ3n) is 5.60. The summed E-state index contributed by atoms with van der Waals surface area (Å²) in [5.41, 5.74) is -2.76. The average Bonchev–Trinajstić information content (AvgIpc) is 2.78. The van der Waals surface area contributed by atoms with Gasteiger partial charge >= 0.3 is 18.3 Å². The van der Waals surface area contributed by atoms with E-state index in [1.165, 1.54) is 18.2 Å². The lowest BCUT2D eigenvalue weighted by atomic mass is 9.86. The van der Waals surface area contributed by atoms with Crippen LogP contribution in [0.5, 0.6) is 5.75 Å². The first-order valence-electron chi connectivity index (χ1n) is 10.9. The topological polar surface area (TPSA) is 75.6 Å². The maximum Gasteiger partial charge on any atom is 0.416 e. The highest BCUT2D eigenvalue weighted by molar-refractivity contribution is 6.05. The molecule has 5 nitrogen and oxygen atoms in total. The zero-order valence-electron chi connectivity index (χ0n) is 19.9. The summed E-state index contributed by atoms with van der Waals surface area (Å²) < 4.78 is 84.5. The number of hydrogen-bond acceptors (Lipinski definition) is 3. The van der Waals surface area contributed by atoms with Crippen LogP contribution in [-0.2, 0) is 23.8 Å². The summed E-state index contributed by atoms with van der Waals surface area (Å²) in [7, 11) is 0. The lowest BCUT2D eigenvalue weighted by Gasteiger charge is -2.28. The van der Waals surface area contributed by atoms with Crippen LogP contribution in [0.1, 0.15) is 47.8 Å². The van der Waals surface area contributed by atoms with Crippen LogP contribution in [0.4, 0.5) is 26.3 Å². The van der Waals surface area contributed by atoms with Crippen molar-refractivity contribution in [3.8, 4) is 5.75 Å². The Kier molecular flexibility index (Phi) is 7.48. The van der Waals surface area contributed by atoms with Gasteiger partial charge in [0.2, 0.25) is 0 Å². The molecule has 0 aromatic heterocycles. The van der Waals surface area contributed by atoms with Gasteiger partial charge in [0, 0.05) is 5.39 Å². The van der Waals surface area contributed by atoms with Crippen LogP contribution in [0, 0.1) is 5.41 Å². The van der Waals surface area contributed by atoms with E-state index in [1.807, 2.05) is 0 Å². The van der Waals surface area contributed by atoms with E-state index in [9.17, 15) is 41.0 Å². The maximum atomic E-state index is 13.4. The molecule has 3 aromatic carbocycles. The van der Waals surface area contributed by atoms with Gasteiger partial charge in [-0.2, -0.15) is 26.3 Å². The number of halogens is 6. The summed E-state index contributed by atoms with van der Waals surface area (Å²) in [6, 6.07) is 8.16. The molecule has 3 aromatic rings. The number of carboxylic acids is 1. The Bertz CT molecular complexity index is 1310. The van der Waals surface area contributed by atoms with Gasteiger partial charge in [0.15, 0.2) is 0 Å². The molecule has 2 N–H and O–H groups in total. The summed E-state index contributed by atoms with van der Waals surface area (Å²) in [5.74, 6) is -2.48. The molecule has 0 spiro atoms. The molecule has 0 bridgehead atoms. The SMILES string of the molecule is CC(C)(C)C(NC(=O)c1ccc2ccc(C(F)(F)F)cc2c1OCc1ccc(C(F)(F)F)cc1)C(=O)O. The number of carbonyl (C=O) groups is 2. The van der Waals surface area contributed by atoms with Crippen molar-refractivity contribution >= 4 is 22.6 Å². The number of ether oxygens (including phenoxy) is 1. The molecule has 37 heavy (non-hydrogen) atoms.